The number of anilines is 1. The topological polar surface area (TPSA) is 23.6 Å². The van der Waals surface area contributed by atoms with Crippen molar-refractivity contribution >= 4 is 12.0 Å². The van der Waals surface area contributed by atoms with Crippen LogP contribution in [0.15, 0.2) is 18.2 Å². The monoisotopic (exact) mass is 244 g/mol. The fraction of sp³-hybridized carbons (Fsp3) is 0.533. The van der Waals surface area contributed by atoms with E-state index < -0.39 is 0 Å². The van der Waals surface area contributed by atoms with Crippen LogP contribution in [-0.2, 0) is 0 Å². The van der Waals surface area contributed by atoms with Crippen molar-refractivity contribution in [3.8, 4) is 0 Å². The highest BCUT2D eigenvalue weighted by Crippen LogP contribution is 2.29. The second kappa shape index (κ2) is 4.73. The number of rotatable bonds is 3. The minimum absolute atomic E-state index is 0.820. The molecule has 3 rings (SSSR count). The van der Waals surface area contributed by atoms with Crippen molar-refractivity contribution in [1.29, 1.82) is 0 Å². The highest BCUT2D eigenvalue weighted by Gasteiger charge is 2.31. The van der Waals surface area contributed by atoms with E-state index in [0.717, 1.165) is 49.8 Å². The molecule has 1 aromatic carbocycles. The molecule has 3 nitrogen and oxygen atoms in total. The number of aldehydes is 1. The maximum atomic E-state index is 11.1. The molecule has 2 fully saturated rings. The highest BCUT2D eigenvalue weighted by molar-refractivity contribution is 5.85. The van der Waals surface area contributed by atoms with E-state index in [1.807, 2.05) is 12.1 Å². The van der Waals surface area contributed by atoms with Crippen molar-refractivity contribution in [2.75, 3.05) is 31.1 Å². The summed E-state index contributed by atoms with van der Waals surface area (Å²) < 4.78 is 0. The van der Waals surface area contributed by atoms with Crippen LogP contribution in [0.1, 0.15) is 28.8 Å². The van der Waals surface area contributed by atoms with E-state index in [4.69, 9.17) is 0 Å². The van der Waals surface area contributed by atoms with Crippen LogP contribution in [0.25, 0.3) is 0 Å². The Balaban J connectivity index is 1.74. The van der Waals surface area contributed by atoms with Gasteiger partial charge in [-0.1, -0.05) is 6.07 Å². The molecule has 96 valence electrons. The highest BCUT2D eigenvalue weighted by atomic mass is 16.1. The number of piperazine rings is 1. The third-order valence-corrected chi connectivity index (χ3v) is 4.03. The second-order valence-electron chi connectivity index (χ2n) is 5.43. The summed E-state index contributed by atoms with van der Waals surface area (Å²) in [5, 5.41) is 0. The smallest absolute Gasteiger partial charge is 0.152 e. The Kier molecular flexibility index (Phi) is 3.08. The predicted octanol–water partition coefficient (Wildman–Crippen LogP) is 2.09. The number of carbonyl (C=O) groups is 1. The van der Waals surface area contributed by atoms with Gasteiger partial charge in [-0.3, -0.25) is 9.69 Å². The molecule has 0 unspecified atom stereocenters. The van der Waals surface area contributed by atoms with Crippen LogP contribution in [0.2, 0.25) is 0 Å². The second-order valence-corrected chi connectivity index (χ2v) is 5.43. The largest absolute Gasteiger partial charge is 0.368 e. The molecule has 18 heavy (non-hydrogen) atoms. The van der Waals surface area contributed by atoms with Gasteiger partial charge in [0.1, 0.15) is 0 Å². The lowest BCUT2D eigenvalue weighted by Gasteiger charge is -2.36. The van der Waals surface area contributed by atoms with Crippen LogP contribution < -0.4 is 4.90 Å². The van der Waals surface area contributed by atoms with Crippen LogP contribution in [0.3, 0.4) is 0 Å². The van der Waals surface area contributed by atoms with Gasteiger partial charge in [0, 0.05) is 43.5 Å². The van der Waals surface area contributed by atoms with Gasteiger partial charge in [0.15, 0.2) is 6.29 Å². The molecule has 0 aromatic heterocycles. The van der Waals surface area contributed by atoms with Crippen LogP contribution >= 0.6 is 0 Å². The molecule has 1 heterocycles. The average Bonchev–Trinajstić information content (AvgIpc) is 3.23. The number of nitrogens with zero attached hydrogens (tertiary/aromatic N) is 2. The Morgan fingerprint density at radius 2 is 1.89 bits per heavy atom. The zero-order valence-corrected chi connectivity index (χ0v) is 10.9. The zero-order valence-electron chi connectivity index (χ0n) is 10.9. The van der Waals surface area contributed by atoms with Crippen molar-refractivity contribution in [2.45, 2.75) is 25.8 Å². The van der Waals surface area contributed by atoms with Crippen molar-refractivity contribution < 1.29 is 4.79 Å². The number of carbonyl (C=O) groups excluding carboxylic acids is 1. The van der Waals surface area contributed by atoms with Crippen LogP contribution in [-0.4, -0.2) is 43.4 Å². The van der Waals surface area contributed by atoms with Gasteiger partial charge < -0.3 is 4.90 Å². The van der Waals surface area contributed by atoms with Crippen LogP contribution in [0.5, 0.6) is 0 Å². The Bertz CT molecular complexity index is 446. The number of hydrogen-bond donors (Lipinski definition) is 0. The van der Waals surface area contributed by atoms with Crippen molar-refractivity contribution in [1.82, 2.24) is 4.90 Å². The third-order valence-electron chi connectivity index (χ3n) is 4.03. The number of aryl methyl sites for hydroxylation is 1. The standard InChI is InChI=1S/C15H20N2O/c1-12-2-3-13(11-18)15(10-12)17-8-6-16(7-9-17)14-4-5-14/h2-3,10-11,14H,4-9H2,1H3. The molecule has 0 N–H and O–H groups in total. The first-order valence-corrected chi connectivity index (χ1v) is 6.83. The van der Waals surface area contributed by atoms with Gasteiger partial charge in [0.05, 0.1) is 0 Å². The summed E-state index contributed by atoms with van der Waals surface area (Å²) in [6, 6.07) is 6.94. The van der Waals surface area contributed by atoms with Gasteiger partial charge in [0.2, 0.25) is 0 Å². The Hall–Kier alpha value is -1.35. The van der Waals surface area contributed by atoms with Gasteiger partial charge in [-0.15, -0.1) is 0 Å². The Morgan fingerprint density at radius 3 is 2.50 bits per heavy atom. The molecule has 1 aromatic rings. The average molecular weight is 244 g/mol. The molecule has 0 radical (unpaired) electrons. The summed E-state index contributed by atoms with van der Waals surface area (Å²) in [6.45, 7) is 6.44. The minimum Gasteiger partial charge on any atom is -0.368 e. The molecule has 0 spiro atoms. The van der Waals surface area contributed by atoms with E-state index in [0.29, 0.717) is 0 Å². The van der Waals surface area contributed by atoms with Gasteiger partial charge in [-0.25, -0.2) is 0 Å². The first-order chi connectivity index (χ1) is 8.78. The summed E-state index contributed by atoms with van der Waals surface area (Å²) in [7, 11) is 0. The van der Waals surface area contributed by atoms with Gasteiger partial charge in [-0.2, -0.15) is 0 Å². The minimum atomic E-state index is 0.820. The molecule has 0 atom stereocenters. The first-order valence-electron chi connectivity index (χ1n) is 6.83. The maximum Gasteiger partial charge on any atom is 0.152 e. The summed E-state index contributed by atoms with van der Waals surface area (Å²) in [4.78, 5) is 16.1. The summed E-state index contributed by atoms with van der Waals surface area (Å²) in [6.07, 6.45) is 3.73. The quantitative estimate of drug-likeness (QED) is 0.761. The van der Waals surface area contributed by atoms with E-state index >= 15 is 0 Å². The lowest BCUT2D eigenvalue weighted by Crippen LogP contribution is -2.47. The lowest BCUT2D eigenvalue weighted by atomic mass is 10.1. The Morgan fingerprint density at radius 1 is 1.17 bits per heavy atom. The summed E-state index contributed by atoms with van der Waals surface area (Å²) in [5.41, 5.74) is 3.15. The van der Waals surface area contributed by atoms with Crippen LogP contribution in [0.4, 0.5) is 5.69 Å². The first kappa shape index (κ1) is 11.7. The van der Waals surface area contributed by atoms with Crippen molar-refractivity contribution in [2.24, 2.45) is 0 Å². The summed E-state index contributed by atoms with van der Waals surface area (Å²) >= 11 is 0. The van der Waals surface area contributed by atoms with E-state index in [-0.39, 0.29) is 0 Å². The Labute approximate surface area is 108 Å². The molecule has 1 aliphatic carbocycles. The molecule has 0 bridgehead atoms. The van der Waals surface area contributed by atoms with E-state index in [1.165, 1.54) is 18.4 Å². The van der Waals surface area contributed by atoms with E-state index in [9.17, 15) is 4.79 Å². The molecule has 1 saturated heterocycles. The molecule has 1 aliphatic heterocycles. The SMILES string of the molecule is Cc1ccc(C=O)c(N2CCN(C3CC3)CC2)c1. The fourth-order valence-electron chi connectivity index (χ4n) is 2.79. The normalized spacial score (nSPS) is 21.1. The molecule has 1 saturated carbocycles. The van der Waals surface area contributed by atoms with Crippen molar-refractivity contribution in [3.63, 3.8) is 0 Å². The predicted molar refractivity (Wildman–Crippen MR) is 73.4 cm³/mol. The number of benzene rings is 1. The lowest BCUT2D eigenvalue weighted by molar-refractivity contribution is 0.112. The van der Waals surface area contributed by atoms with Gasteiger partial charge >= 0.3 is 0 Å². The van der Waals surface area contributed by atoms with Gasteiger partial charge in [-0.05, 0) is 37.5 Å². The maximum absolute atomic E-state index is 11.1. The van der Waals surface area contributed by atoms with Crippen LogP contribution in [0, 0.1) is 6.92 Å². The zero-order chi connectivity index (χ0) is 12.5. The molecular weight excluding hydrogens is 224 g/mol. The molecular formula is C15H20N2O. The number of hydrogen-bond acceptors (Lipinski definition) is 3. The molecule has 2 aliphatic rings. The van der Waals surface area contributed by atoms with Gasteiger partial charge in [0.25, 0.3) is 0 Å². The molecule has 3 heteroatoms. The van der Waals surface area contributed by atoms with E-state index in [1.54, 1.807) is 0 Å². The van der Waals surface area contributed by atoms with E-state index in [2.05, 4.69) is 22.8 Å². The molecule has 0 amide bonds. The third kappa shape index (κ3) is 2.27. The fourth-order valence-corrected chi connectivity index (χ4v) is 2.79. The summed E-state index contributed by atoms with van der Waals surface area (Å²) in [5.74, 6) is 0. The van der Waals surface area contributed by atoms with Crippen molar-refractivity contribution in [3.05, 3.63) is 29.3 Å².